The molecule has 2 N–H and O–H groups in total. The van der Waals surface area contributed by atoms with Gasteiger partial charge in [0.25, 0.3) is 0 Å². The lowest BCUT2D eigenvalue weighted by atomic mass is 10.2. The highest BCUT2D eigenvalue weighted by Gasteiger charge is 2.55. The first-order chi connectivity index (χ1) is 8.84. The maximum Gasteiger partial charge on any atom is 0.195 e. The molecular weight excluding hydrogens is 281 g/mol. The van der Waals surface area contributed by atoms with E-state index < -0.39 is 37.4 Å². The van der Waals surface area contributed by atoms with E-state index in [0.717, 1.165) is 6.07 Å². The van der Waals surface area contributed by atoms with Crippen molar-refractivity contribution in [3.8, 4) is 0 Å². The highest BCUT2D eigenvalue weighted by molar-refractivity contribution is 7.92. The van der Waals surface area contributed by atoms with E-state index in [4.69, 9.17) is 5.73 Å². The first-order valence-corrected chi connectivity index (χ1v) is 7.27. The fourth-order valence-electron chi connectivity index (χ4n) is 2.60. The van der Waals surface area contributed by atoms with Crippen molar-refractivity contribution in [2.24, 2.45) is 5.73 Å². The molecule has 1 aromatic rings. The van der Waals surface area contributed by atoms with E-state index >= 15 is 0 Å². The van der Waals surface area contributed by atoms with Crippen molar-refractivity contribution in [1.82, 2.24) is 4.90 Å². The van der Waals surface area contributed by atoms with Gasteiger partial charge in [0, 0.05) is 12.6 Å². The molecule has 2 saturated heterocycles. The highest BCUT2D eigenvalue weighted by atomic mass is 32.2. The van der Waals surface area contributed by atoms with Gasteiger partial charge in [0.2, 0.25) is 0 Å². The Labute approximate surface area is 107 Å². The van der Waals surface area contributed by atoms with Gasteiger partial charge in [-0.15, -0.1) is 0 Å². The van der Waals surface area contributed by atoms with E-state index in [1.165, 1.54) is 0 Å². The zero-order valence-corrected chi connectivity index (χ0v) is 10.5. The van der Waals surface area contributed by atoms with E-state index in [-0.39, 0.29) is 18.8 Å². The summed E-state index contributed by atoms with van der Waals surface area (Å²) in [6.45, 7) is 0.201. The molecule has 19 heavy (non-hydrogen) atoms. The molecule has 0 radical (unpaired) electrons. The Morgan fingerprint density at radius 2 is 1.89 bits per heavy atom. The van der Waals surface area contributed by atoms with E-state index in [9.17, 15) is 21.6 Å². The smallest absolute Gasteiger partial charge is 0.195 e. The summed E-state index contributed by atoms with van der Waals surface area (Å²) in [7, 11) is -4.01. The van der Waals surface area contributed by atoms with Crippen molar-refractivity contribution in [2.75, 3.05) is 6.54 Å². The van der Waals surface area contributed by atoms with Crippen LogP contribution < -0.4 is 5.73 Å². The number of sulfone groups is 1. The summed E-state index contributed by atoms with van der Waals surface area (Å²) in [6.07, 6.45) is 0.156. The molecule has 0 aromatic heterocycles. The van der Waals surface area contributed by atoms with Crippen molar-refractivity contribution in [3.63, 3.8) is 0 Å². The second kappa shape index (κ2) is 3.94. The Morgan fingerprint density at radius 1 is 1.21 bits per heavy atom. The minimum Gasteiger partial charge on any atom is -0.314 e. The Balaban J connectivity index is 1.96. The van der Waals surface area contributed by atoms with E-state index in [0.29, 0.717) is 12.5 Å². The predicted molar refractivity (Wildman–Crippen MR) is 60.4 cm³/mol. The van der Waals surface area contributed by atoms with Crippen molar-refractivity contribution in [2.45, 2.75) is 28.8 Å². The molecule has 2 heterocycles. The first kappa shape index (κ1) is 12.9. The molecule has 0 saturated carbocycles. The topological polar surface area (TPSA) is 63.2 Å². The summed E-state index contributed by atoms with van der Waals surface area (Å²) >= 11 is 0. The molecule has 4 nitrogen and oxygen atoms in total. The van der Waals surface area contributed by atoms with Gasteiger partial charge in [-0.25, -0.2) is 21.6 Å². The molecule has 4 unspecified atom stereocenters. The monoisotopic (exact) mass is 292 g/mol. The van der Waals surface area contributed by atoms with Crippen LogP contribution in [0.3, 0.4) is 0 Å². The SMILES string of the molecule is NC1C2CC(S(=O)(=O)c3ccc(F)c(F)c3F)CN12. The van der Waals surface area contributed by atoms with Gasteiger partial charge in [0.1, 0.15) is 4.90 Å². The van der Waals surface area contributed by atoms with Crippen molar-refractivity contribution in [1.29, 1.82) is 0 Å². The Morgan fingerprint density at radius 3 is 2.47 bits per heavy atom. The van der Waals surface area contributed by atoms with Crippen LogP contribution in [0.1, 0.15) is 6.42 Å². The van der Waals surface area contributed by atoms with Crippen LogP contribution in [0.25, 0.3) is 0 Å². The lowest BCUT2D eigenvalue weighted by Gasteiger charge is -2.14. The Hall–Kier alpha value is -1.12. The number of rotatable bonds is 2. The maximum atomic E-state index is 13.6. The summed E-state index contributed by atoms with van der Waals surface area (Å²) in [6, 6.07) is 1.38. The zero-order valence-electron chi connectivity index (χ0n) is 9.68. The number of hydrogen-bond donors (Lipinski definition) is 1. The molecule has 2 fully saturated rings. The number of halogens is 3. The lowest BCUT2D eigenvalue weighted by Crippen LogP contribution is -2.30. The summed E-state index contributed by atoms with van der Waals surface area (Å²) < 4.78 is 63.9. The fourth-order valence-corrected chi connectivity index (χ4v) is 4.37. The summed E-state index contributed by atoms with van der Waals surface area (Å²) in [4.78, 5) is 0.993. The third-order valence-electron chi connectivity index (χ3n) is 3.78. The number of hydrogen-bond acceptors (Lipinski definition) is 4. The highest BCUT2D eigenvalue weighted by Crippen LogP contribution is 2.40. The van der Waals surface area contributed by atoms with Gasteiger partial charge in [-0.3, -0.25) is 4.90 Å². The van der Waals surface area contributed by atoms with Crippen LogP contribution >= 0.6 is 0 Å². The van der Waals surface area contributed by atoms with Gasteiger partial charge < -0.3 is 5.73 Å². The van der Waals surface area contributed by atoms with Crippen molar-refractivity contribution in [3.05, 3.63) is 29.6 Å². The van der Waals surface area contributed by atoms with Gasteiger partial charge in [-0.1, -0.05) is 0 Å². The molecule has 0 spiro atoms. The molecule has 0 aliphatic carbocycles. The summed E-state index contributed by atoms with van der Waals surface area (Å²) in [5, 5.41) is -0.823. The van der Waals surface area contributed by atoms with Gasteiger partial charge in [0.15, 0.2) is 27.3 Å². The third-order valence-corrected chi connectivity index (χ3v) is 5.92. The normalized spacial score (nSPS) is 33.3. The van der Waals surface area contributed by atoms with E-state index in [1.807, 2.05) is 0 Å². The molecular formula is C11H11F3N2O2S. The third kappa shape index (κ3) is 1.78. The van der Waals surface area contributed by atoms with Crippen molar-refractivity contribution < 1.29 is 21.6 Å². The number of nitrogens with two attached hydrogens (primary N) is 1. The second-order valence-corrected chi connectivity index (χ2v) is 7.03. The molecule has 2 aliphatic rings. The molecule has 1 aromatic carbocycles. The molecule has 0 amide bonds. The van der Waals surface area contributed by atoms with Crippen LogP contribution in [-0.2, 0) is 9.84 Å². The Kier molecular flexibility index (Phi) is 2.67. The molecule has 8 heteroatoms. The summed E-state index contributed by atoms with van der Waals surface area (Å²) in [5.41, 5.74) is 5.64. The zero-order chi connectivity index (χ0) is 13.9. The molecule has 3 rings (SSSR count). The van der Waals surface area contributed by atoms with Gasteiger partial charge in [-0.05, 0) is 18.6 Å². The van der Waals surface area contributed by atoms with Crippen LogP contribution in [0.2, 0.25) is 0 Å². The second-order valence-electron chi connectivity index (χ2n) is 4.83. The van der Waals surface area contributed by atoms with Crippen LogP contribution in [0.4, 0.5) is 13.2 Å². The average Bonchev–Trinajstić information content (AvgIpc) is 2.79. The van der Waals surface area contributed by atoms with E-state index in [2.05, 4.69) is 0 Å². The number of fused-ring (bicyclic) bond motifs is 1. The van der Waals surface area contributed by atoms with Crippen LogP contribution in [0, 0.1) is 17.5 Å². The largest absolute Gasteiger partial charge is 0.314 e. The molecule has 4 atom stereocenters. The molecule has 0 bridgehead atoms. The van der Waals surface area contributed by atoms with Gasteiger partial charge in [0.05, 0.1) is 11.4 Å². The van der Waals surface area contributed by atoms with Gasteiger partial charge >= 0.3 is 0 Å². The first-order valence-electron chi connectivity index (χ1n) is 5.72. The quantitative estimate of drug-likeness (QED) is 0.493. The van der Waals surface area contributed by atoms with Crippen molar-refractivity contribution >= 4 is 9.84 Å². The number of benzene rings is 1. The lowest BCUT2D eigenvalue weighted by molar-refractivity contribution is 0.431. The Bertz CT molecular complexity index is 638. The standard InChI is InChI=1S/C11H11F3N2O2S/c12-6-1-2-8(10(14)9(6)13)19(17,18)5-3-7-11(15)16(7)4-5/h1-2,5,7,11H,3-4,15H2. The van der Waals surface area contributed by atoms with Crippen LogP contribution in [0.15, 0.2) is 17.0 Å². The van der Waals surface area contributed by atoms with E-state index in [1.54, 1.807) is 4.90 Å². The minimum atomic E-state index is -4.01. The molecule has 2 aliphatic heterocycles. The fraction of sp³-hybridized carbons (Fsp3) is 0.455. The van der Waals surface area contributed by atoms with Crippen LogP contribution in [0.5, 0.6) is 0 Å². The number of nitrogens with zero attached hydrogens (tertiary/aromatic N) is 1. The summed E-state index contributed by atoms with van der Waals surface area (Å²) in [5.74, 6) is -4.82. The average molecular weight is 292 g/mol. The molecule has 104 valence electrons. The number of piperidine rings is 1. The predicted octanol–water partition coefficient (Wildman–Crippen LogP) is 0.619. The van der Waals surface area contributed by atoms with Crippen LogP contribution in [-0.4, -0.2) is 37.3 Å². The minimum absolute atomic E-state index is 0.00636. The van der Waals surface area contributed by atoms with Gasteiger partial charge in [-0.2, -0.15) is 0 Å². The maximum absolute atomic E-state index is 13.6.